The molecule has 0 aromatic heterocycles. The molecule has 2 unspecified atom stereocenters. The fraction of sp³-hybridized carbons (Fsp3) is 0.231. The summed E-state index contributed by atoms with van der Waals surface area (Å²) in [5, 5.41) is 21.7. The molecule has 3 aromatic rings. The number of hydrogen-bond acceptors (Lipinski definition) is 5. The third-order valence-corrected chi connectivity index (χ3v) is 6.45. The van der Waals surface area contributed by atoms with E-state index in [9.17, 15) is 15.2 Å². The van der Waals surface area contributed by atoms with Crippen LogP contribution in [0.2, 0.25) is 0 Å². The second-order valence-corrected chi connectivity index (χ2v) is 8.35. The molecule has 2 heterocycles. The third-order valence-electron chi connectivity index (χ3n) is 6.45. The van der Waals surface area contributed by atoms with Crippen LogP contribution in [0.4, 0.5) is 0 Å². The zero-order valence-electron chi connectivity index (χ0n) is 17.3. The smallest absolute Gasteiger partial charge is 0.249 e. The maximum Gasteiger partial charge on any atom is 0.249 e. The summed E-state index contributed by atoms with van der Waals surface area (Å²) in [5.41, 5.74) is -0.696. The molecule has 2 aliphatic heterocycles. The summed E-state index contributed by atoms with van der Waals surface area (Å²) in [6, 6.07) is 30.3. The Bertz CT molecular complexity index is 1120. The van der Waals surface area contributed by atoms with Crippen molar-refractivity contribution < 1.29 is 19.7 Å². The summed E-state index contributed by atoms with van der Waals surface area (Å²) < 4.78 is 0. The zero-order valence-corrected chi connectivity index (χ0v) is 17.3. The highest BCUT2D eigenvalue weighted by Crippen LogP contribution is 2.56. The van der Waals surface area contributed by atoms with Gasteiger partial charge in [-0.05, 0) is 16.7 Å². The number of aliphatic hydroxyl groups is 1. The Morgan fingerprint density at radius 1 is 0.875 bits per heavy atom. The van der Waals surface area contributed by atoms with Gasteiger partial charge in [-0.1, -0.05) is 91.0 Å². The number of nitrogens with zero attached hydrogens (tertiary/aromatic N) is 2. The normalized spacial score (nSPS) is 26.4. The highest BCUT2D eigenvalue weighted by atomic mass is 17.2. The van der Waals surface area contributed by atoms with Crippen molar-refractivity contribution in [2.75, 3.05) is 6.54 Å². The number of hydrogen-bond donors (Lipinski definition) is 1. The van der Waals surface area contributed by atoms with Crippen molar-refractivity contribution in [2.24, 2.45) is 5.41 Å². The summed E-state index contributed by atoms with van der Waals surface area (Å²) in [5.74, 6) is -2.55. The van der Waals surface area contributed by atoms with Gasteiger partial charge in [-0.3, -0.25) is 4.79 Å². The topological polar surface area (TPSA) is 82.8 Å². The van der Waals surface area contributed by atoms with Gasteiger partial charge in [-0.2, -0.15) is 10.1 Å². The number of carbonyl (C=O) groups excluding carboxylic acids is 1. The summed E-state index contributed by atoms with van der Waals surface area (Å²) in [6.45, 7) is 0.104. The number of nitriles is 1. The van der Waals surface area contributed by atoms with Crippen LogP contribution < -0.4 is 0 Å². The van der Waals surface area contributed by atoms with Gasteiger partial charge in [-0.15, -0.1) is 0 Å². The van der Waals surface area contributed by atoms with E-state index in [1.165, 1.54) is 4.90 Å². The second kappa shape index (κ2) is 7.57. The van der Waals surface area contributed by atoms with Crippen LogP contribution >= 0.6 is 0 Å². The van der Waals surface area contributed by atoms with Gasteiger partial charge in [0.25, 0.3) is 0 Å². The molecule has 32 heavy (non-hydrogen) atoms. The van der Waals surface area contributed by atoms with Crippen molar-refractivity contribution >= 4 is 5.91 Å². The fourth-order valence-corrected chi connectivity index (χ4v) is 4.74. The Balaban J connectivity index is 1.60. The van der Waals surface area contributed by atoms with Gasteiger partial charge in [0.2, 0.25) is 11.7 Å². The van der Waals surface area contributed by atoms with E-state index in [2.05, 4.69) is 6.07 Å². The minimum atomic E-state index is -2.08. The van der Waals surface area contributed by atoms with E-state index in [4.69, 9.17) is 9.78 Å². The van der Waals surface area contributed by atoms with Gasteiger partial charge < -0.3 is 10.0 Å². The van der Waals surface area contributed by atoms with E-state index in [1.807, 2.05) is 91.0 Å². The summed E-state index contributed by atoms with van der Waals surface area (Å²) >= 11 is 0. The van der Waals surface area contributed by atoms with Crippen molar-refractivity contribution in [3.05, 3.63) is 108 Å². The van der Waals surface area contributed by atoms with Crippen molar-refractivity contribution in [1.82, 2.24) is 4.90 Å². The average molecular weight is 426 g/mol. The maximum atomic E-state index is 13.7. The summed E-state index contributed by atoms with van der Waals surface area (Å²) in [6.07, 6.45) is -0.0782. The van der Waals surface area contributed by atoms with Crippen molar-refractivity contribution in [3.8, 4) is 6.07 Å². The van der Waals surface area contributed by atoms with E-state index < -0.39 is 22.7 Å². The van der Waals surface area contributed by atoms with Crippen LogP contribution in [0.5, 0.6) is 0 Å². The Morgan fingerprint density at radius 2 is 1.41 bits per heavy atom. The number of β-amino-alcohol motifs (C(OH)–C–C–N with tert-alkyl or cyclic N) is 1. The van der Waals surface area contributed by atoms with Gasteiger partial charge >= 0.3 is 0 Å². The number of amides is 1. The van der Waals surface area contributed by atoms with E-state index >= 15 is 0 Å². The van der Waals surface area contributed by atoms with Gasteiger partial charge in [0.1, 0.15) is 0 Å². The predicted molar refractivity (Wildman–Crippen MR) is 115 cm³/mol. The Kier molecular flexibility index (Phi) is 4.83. The van der Waals surface area contributed by atoms with Gasteiger partial charge in [0.15, 0.2) is 11.0 Å². The minimum Gasteiger partial charge on any atom is -0.360 e. The molecule has 0 aliphatic carbocycles. The lowest BCUT2D eigenvalue weighted by Crippen LogP contribution is -2.59. The van der Waals surface area contributed by atoms with Crippen LogP contribution in [-0.2, 0) is 26.7 Å². The summed E-state index contributed by atoms with van der Waals surface area (Å²) in [7, 11) is 0. The number of fused-ring (bicyclic) bond motifs is 1. The van der Waals surface area contributed by atoms with Crippen LogP contribution in [0, 0.1) is 16.7 Å². The zero-order chi connectivity index (χ0) is 22.2. The molecule has 6 nitrogen and oxygen atoms in total. The first kappa shape index (κ1) is 20.4. The molecule has 0 spiro atoms. The summed E-state index contributed by atoms with van der Waals surface area (Å²) in [4.78, 5) is 26.7. The standard InChI is InChI=1S/C26H22N2O4/c27-18-24-17-25(21-12-6-2-7-13-21,22-14-8-3-9-15-22)31-32-26(24,30)19-28(23(24)29)16-20-10-4-1-5-11-20/h1-15,30H,16-17,19H2. The molecule has 2 atom stereocenters. The Morgan fingerprint density at radius 3 is 1.94 bits per heavy atom. The quantitative estimate of drug-likeness (QED) is 0.646. The number of benzene rings is 3. The van der Waals surface area contributed by atoms with Crippen LogP contribution in [-0.4, -0.2) is 28.2 Å². The molecule has 2 saturated heterocycles. The maximum absolute atomic E-state index is 13.7. The predicted octanol–water partition coefficient (Wildman–Crippen LogP) is 3.52. The van der Waals surface area contributed by atoms with Crippen LogP contribution in [0.3, 0.4) is 0 Å². The molecule has 1 N–H and O–H groups in total. The number of likely N-dealkylation sites (tertiary alicyclic amines) is 1. The Hall–Kier alpha value is -3.50. The molecule has 0 bridgehead atoms. The monoisotopic (exact) mass is 426 g/mol. The lowest BCUT2D eigenvalue weighted by Gasteiger charge is -2.47. The molecule has 2 aliphatic rings. The molecule has 0 saturated carbocycles. The molecule has 6 heteroatoms. The van der Waals surface area contributed by atoms with Crippen LogP contribution in [0.25, 0.3) is 0 Å². The second-order valence-electron chi connectivity index (χ2n) is 8.35. The molecule has 2 fully saturated rings. The fourth-order valence-electron chi connectivity index (χ4n) is 4.74. The molecule has 0 radical (unpaired) electrons. The van der Waals surface area contributed by atoms with E-state index in [0.717, 1.165) is 16.7 Å². The van der Waals surface area contributed by atoms with E-state index in [0.29, 0.717) is 0 Å². The molecule has 1 amide bonds. The minimum absolute atomic E-state index is 0.0782. The van der Waals surface area contributed by atoms with Crippen molar-refractivity contribution in [1.29, 1.82) is 5.26 Å². The lowest BCUT2D eigenvalue weighted by molar-refractivity contribution is -0.496. The molecule has 160 valence electrons. The van der Waals surface area contributed by atoms with Crippen LogP contribution in [0.1, 0.15) is 23.1 Å². The largest absolute Gasteiger partial charge is 0.360 e. The van der Waals surface area contributed by atoms with Gasteiger partial charge in [-0.25, -0.2) is 4.89 Å². The van der Waals surface area contributed by atoms with Crippen molar-refractivity contribution in [3.63, 3.8) is 0 Å². The Labute approximate surface area is 186 Å². The molecule has 3 aromatic carbocycles. The molecular weight excluding hydrogens is 404 g/mol. The van der Waals surface area contributed by atoms with Crippen LogP contribution in [0.15, 0.2) is 91.0 Å². The SMILES string of the molecule is N#CC12CC(c3ccccc3)(c3ccccc3)OOC1(O)CN(Cc1ccccc1)C2=O. The first-order valence-electron chi connectivity index (χ1n) is 10.5. The van der Waals surface area contributed by atoms with E-state index in [-0.39, 0.29) is 19.5 Å². The average Bonchev–Trinajstić information content (AvgIpc) is 3.06. The third kappa shape index (κ3) is 2.94. The van der Waals surface area contributed by atoms with Crippen molar-refractivity contribution in [2.45, 2.75) is 24.4 Å². The molecule has 5 rings (SSSR count). The van der Waals surface area contributed by atoms with Gasteiger partial charge in [0.05, 0.1) is 12.6 Å². The van der Waals surface area contributed by atoms with E-state index in [1.54, 1.807) is 0 Å². The van der Waals surface area contributed by atoms with Gasteiger partial charge in [0, 0.05) is 13.0 Å². The first-order valence-corrected chi connectivity index (χ1v) is 10.5. The number of rotatable bonds is 4. The molecular formula is C26H22N2O4. The lowest BCUT2D eigenvalue weighted by atomic mass is 9.68. The highest BCUT2D eigenvalue weighted by molar-refractivity contribution is 5.90. The first-order chi connectivity index (χ1) is 15.5. The number of carbonyl (C=O) groups is 1. The highest BCUT2D eigenvalue weighted by Gasteiger charge is 2.72.